The molecule has 1 aliphatic heterocycles. The first-order chi connectivity index (χ1) is 10.5. The molecule has 0 spiro atoms. The summed E-state index contributed by atoms with van der Waals surface area (Å²) in [5.41, 5.74) is 1.18. The summed E-state index contributed by atoms with van der Waals surface area (Å²) in [4.78, 5) is 17.9. The van der Waals surface area contributed by atoms with Crippen molar-refractivity contribution < 1.29 is 9.53 Å². The third kappa shape index (κ3) is 2.88. The summed E-state index contributed by atoms with van der Waals surface area (Å²) in [6.45, 7) is 2.34. The summed E-state index contributed by atoms with van der Waals surface area (Å²) in [7, 11) is 3.52. The second-order valence-corrected chi connectivity index (χ2v) is 5.47. The van der Waals surface area contributed by atoms with Gasteiger partial charge in [0.15, 0.2) is 0 Å². The van der Waals surface area contributed by atoms with E-state index in [1.807, 2.05) is 25.1 Å². The maximum atomic E-state index is 12.2. The number of carbonyl (C=O) groups is 1. The van der Waals surface area contributed by atoms with Crippen LogP contribution in [0.5, 0.6) is 5.75 Å². The van der Waals surface area contributed by atoms with Crippen molar-refractivity contribution in [3.8, 4) is 5.75 Å². The highest BCUT2D eigenvalue weighted by molar-refractivity contribution is 5.87. The van der Waals surface area contributed by atoms with Gasteiger partial charge in [0.2, 0.25) is 5.95 Å². The summed E-state index contributed by atoms with van der Waals surface area (Å²) in [6.07, 6.45) is 0.793. The number of benzene rings is 1. The molecule has 1 N–H and O–H groups in total. The van der Waals surface area contributed by atoms with Gasteiger partial charge in [-0.2, -0.15) is 4.98 Å². The standard InChI is InChI=1S/C15H19N5O2/c1-10-16-14(18-20(10)3)17-15(21)19(2)9-12-8-11-6-4-5-7-13(11)22-12/h4-7,12H,8-9H2,1-3H3,(H,17,18,21). The van der Waals surface area contributed by atoms with Crippen molar-refractivity contribution in [3.05, 3.63) is 35.7 Å². The highest BCUT2D eigenvalue weighted by Crippen LogP contribution is 2.28. The van der Waals surface area contributed by atoms with Crippen LogP contribution in [0.1, 0.15) is 11.4 Å². The second kappa shape index (κ2) is 5.67. The van der Waals surface area contributed by atoms with Crippen molar-refractivity contribution in [2.75, 3.05) is 18.9 Å². The Morgan fingerprint density at radius 1 is 1.50 bits per heavy atom. The van der Waals surface area contributed by atoms with Crippen LogP contribution < -0.4 is 10.1 Å². The number of amides is 2. The molecule has 1 aromatic heterocycles. The third-order valence-corrected chi connectivity index (χ3v) is 3.74. The summed E-state index contributed by atoms with van der Waals surface area (Å²) < 4.78 is 7.46. The minimum absolute atomic E-state index is 0.0217. The lowest BCUT2D eigenvalue weighted by Crippen LogP contribution is -2.39. The Morgan fingerprint density at radius 3 is 2.95 bits per heavy atom. The molecule has 7 nitrogen and oxygen atoms in total. The van der Waals surface area contributed by atoms with E-state index in [9.17, 15) is 4.79 Å². The number of para-hydroxylation sites is 1. The maximum Gasteiger partial charge on any atom is 0.324 e. The molecule has 0 aliphatic carbocycles. The van der Waals surface area contributed by atoms with Gasteiger partial charge in [0.25, 0.3) is 0 Å². The van der Waals surface area contributed by atoms with Crippen molar-refractivity contribution in [1.82, 2.24) is 19.7 Å². The average Bonchev–Trinajstić information content (AvgIpc) is 3.01. The number of nitrogens with zero attached hydrogens (tertiary/aromatic N) is 4. The van der Waals surface area contributed by atoms with Crippen molar-refractivity contribution in [1.29, 1.82) is 0 Å². The number of anilines is 1. The average molecular weight is 301 g/mol. The van der Waals surface area contributed by atoms with Crippen molar-refractivity contribution in [2.24, 2.45) is 7.05 Å². The van der Waals surface area contributed by atoms with E-state index in [4.69, 9.17) is 4.74 Å². The molecule has 2 amide bonds. The van der Waals surface area contributed by atoms with Crippen LogP contribution in [0.15, 0.2) is 24.3 Å². The van der Waals surface area contributed by atoms with Crippen LogP contribution in [-0.4, -0.2) is 45.4 Å². The largest absolute Gasteiger partial charge is 0.488 e. The van der Waals surface area contributed by atoms with E-state index in [-0.39, 0.29) is 12.1 Å². The quantitative estimate of drug-likeness (QED) is 0.934. The fourth-order valence-electron chi connectivity index (χ4n) is 2.45. The predicted molar refractivity (Wildman–Crippen MR) is 82.0 cm³/mol. The zero-order valence-corrected chi connectivity index (χ0v) is 12.9. The number of fused-ring (bicyclic) bond motifs is 1. The van der Waals surface area contributed by atoms with Gasteiger partial charge in [0, 0.05) is 20.5 Å². The molecule has 22 heavy (non-hydrogen) atoms. The number of likely N-dealkylation sites (N-methyl/N-ethyl adjacent to an activating group) is 1. The number of ether oxygens (including phenoxy) is 1. The van der Waals surface area contributed by atoms with Gasteiger partial charge in [0.1, 0.15) is 17.7 Å². The Balaban J connectivity index is 1.56. The van der Waals surface area contributed by atoms with E-state index in [2.05, 4.69) is 21.5 Å². The lowest BCUT2D eigenvalue weighted by Gasteiger charge is -2.20. The van der Waals surface area contributed by atoms with Crippen molar-refractivity contribution in [2.45, 2.75) is 19.4 Å². The van der Waals surface area contributed by atoms with E-state index in [1.165, 1.54) is 5.56 Å². The lowest BCUT2D eigenvalue weighted by molar-refractivity contribution is 0.172. The van der Waals surface area contributed by atoms with Crippen molar-refractivity contribution in [3.63, 3.8) is 0 Å². The number of rotatable bonds is 3. The number of nitrogens with one attached hydrogen (secondary N) is 1. The van der Waals surface area contributed by atoms with Gasteiger partial charge >= 0.3 is 6.03 Å². The molecular formula is C15H19N5O2. The minimum atomic E-state index is -0.245. The monoisotopic (exact) mass is 301 g/mol. The van der Waals surface area contributed by atoms with Crippen LogP contribution in [0.25, 0.3) is 0 Å². The molecular weight excluding hydrogens is 282 g/mol. The molecule has 1 aliphatic rings. The highest BCUT2D eigenvalue weighted by atomic mass is 16.5. The first-order valence-corrected chi connectivity index (χ1v) is 7.17. The van der Waals surface area contributed by atoms with Gasteiger partial charge in [-0.05, 0) is 18.6 Å². The lowest BCUT2D eigenvalue weighted by atomic mass is 10.1. The number of hydrogen-bond donors (Lipinski definition) is 1. The van der Waals surface area contributed by atoms with Crippen LogP contribution in [0.3, 0.4) is 0 Å². The fourth-order valence-corrected chi connectivity index (χ4v) is 2.45. The summed E-state index contributed by atoms with van der Waals surface area (Å²) in [5, 5.41) is 6.80. The van der Waals surface area contributed by atoms with Gasteiger partial charge in [-0.1, -0.05) is 18.2 Å². The zero-order chi connectivity index (χ0) is 15.7. The van der Waals surface area contributed by atoms with Crippen LogP contribution >= 0.6 is 0 Å². The predicted octanol–water partition coefficient (Wildman–Crippen LogP) is 1.59. The van der Waals surface area contributed by atoms with Crippen LogP contribution in [-0.2, 0) is 13.5 Å². The molecule has 2 heterocycles. The molecule has 116 valence electrons. The summed E-state index contributed by atoms with van der Waals surface area (Å²) in [6, 6.07) is 7.71. The molecule has 7 heteroatoms. The number of carbonyl (C=O) groups excluding carboxylic acids is 1. The molecule has 1 aromatic carbocycles. The first-order valence-electron chi connectivity index (χ1n) is 7.17. The van der Waals surface area contributed by atoms with Crippen molar-refractivity contribution >= 4 is 12.0 Å². The topological polar surface area (TPSA) is 72.3 Å². The van der Waals surface area contributed by atoms with Gasteiger partial charge in [-0.25, -0.2) is 4.79 Å². The molecule has 0 bridgehead atoms. The third-order valence-electron chi connectivity index (χ3n) is 3.74. The molecule has 0 saturated heterocycles. The highest BCUT2D eigenvalue weighted by Gasteiger charge is 2.25. The zero-order valence-electron chi connectivity index (χ0n) is 12.9. The molecule has 1 atom stereocenters. The van der Waals surface area contributed by atoms with Gasteiger partial charge in [0.05, 0.1) is 6.54 Å². The number of hydrogen-bond acceptors (Lipinski definition) is 4. The number of aromatic nitrogens is 3. The van der Waals surface area contributed by atoms with Crippen LogP contribution in [0.4, 0.5) is 10.7 Å². The Morgan fingerprint density at radius 2 is 2.27 bits per heavy atom. The molecule has 3 rings (SSSR count). The van der Waals surface area contributed by atoms with Crippen LogP contribution in [0, 0.1) is 6.92 Å². The SMILES string of the molecule is Cc1nc(NC(=O)N(C)CC2Cc3ccccc3O2)nn1C. The van der Waals surface area contributed by atoms with Crippen LogP contribution in [0.2, 0.25) is 0 Å². The minimum Gasteiger partial charge on any atom is -0.488 e. The van der Waals surface area contributed by atoms with E-state index in [1.54, 1.807) is 23.7 Å². The number of aryl methyl sites for hydroxylation is 2. The van der Waals surface area contributed by atoms with E-state index in [0.29, 0.717) is 12.5 Å². The molecule has 0 saturated carbocycles. The normalized spacial score (nSPS) is 16.0. The maximum absolute atomic E-state index is 12.2. The molecule has 0 fully saturated rings. The number of urea groups is 1. The van der Waals surface area contributed by atoms with Gasteiger partial charge in [-0.15, -0.1) is 5.10 Å². The Labute approximate surface area is 128 Å². The van der Waals surface area contributed by atoms with E-state index in [0.717, 1.165) is 18.0 Å². The Hall–Kier alpha value is -2.57. The summed E-state index contributed by atoms with van der Waals surface area (Å²) in [5.74, 6) is 1.96. The Kier molecular flexibility index (Phi) is 3.70. The van der Waals surface area contributed by atoms with Gasteiger partial charge in [-0.3, -0.25) is 10.00 Å². The van der Waals surface area contributed by atoms with E-state index < -0.39 is 0 Å². The molecule has 0 radical (unpaired) electrons. The molecule has 2 aromatic rings. The fraction of sp³-hybridized carbons (Fsp3) is 0.400. The molecule has 1 unspecified atom stereocenters. The Bertz CT molecular complexity index is 652. The summed E-state index contributed by atoms with van der Waals surface area (Å²) >= 11 is 0. The smallest absolute Gasteiger partial charge is 0.324 e. The van der Waals surface area contributed by atoms with E-state index >= 15 is 0 Å². The second-order valence-electron chi connectivity index (χ2n) is 5.47. The first kappa shape index (κ1) is 14.4. The van der Waals surface area contributed by atoms with Gasteiger partial charge < -0.3 is 9.64 Å².